The van der Waals surface area contributed by atoms with Crippen LogP contribution in [0.1, 0.15) is 13.8 Å². The quantitative estimate of drug-likeness (QED) is 0.460. The van der Waals surface area contributed by atoms with E-state index in [-0.39, 0.29) is 11.9 Å². The number of ether oxygens (including phenoxy) is 1. The lowest BCUT2D eigenvalue weighted by atomic mass is 10.2. The number of carbonyl (C=O) groups excluding carboxylic acids is 1. The van der Waals surface area contributed by atoms with Crippen molar-refractivity contribution in [2.45, 2.75) is 13.8 Å². The van der Waals surface area contributed by atoms with Crippen molar-refractivity contribution in [3.8, 4) is 0 Å². The van der Waals surface area contributed by atoms with Crippen molar-refractivity contribution in [2.24, 2.45) is 5.92 Å². The first-order valence-electron chi connectivity index (χ1n) is 3.49. The number of esters is 1. The molecular formula is C7H15NO2. The van der Waals surface area contributed by atoms with Crippen LogP contribution in [-0.4, -0.2) is 26.2 Å². The molecule has 3 heteroatoms. The molecule has 1 N–H and O–H groups in total. The van der Waals surface area contributed by atoms with Gasteiger partial charge in [-0.25, -0.2) is 0 Å². The van der Waals surface area contributed by atoms with Crippen LogP contribution in [0.15, 0.2) is 0 Å². The van der Waals surface area contributed by atoms with Gasteiger partial charge >= 0.3 is 5.97 Å². The Morgan fingerprint density at radius 2 is 2.20 bits per heavy atom. The number of likely N-dealkylation sites (N-methyl/N-ethyl adjacent to an activating group) is 1. The monoisotopic (exact) mass is 145 g/mol. The van der Waals surface area contributed by atoms with Gasteiger partial charge in [0.1, 0.15) is 6.61 Å². The third-order valence-electron chi connectivity index (χ3n) is 1.07. The van der Waals surface area contributed by atoms with Crippen molar-refractivity contribution in [1.82, 2.24) is 5.32 Å². The van der Waals surface area contributed by atoms with E-state index in [1.54, 1.807) is 0 Å². The van der Waals surface area contributed by atoms with Gasteiger partial charge in [-0.3, -0.25) is 4.79 Å². The summed E-state index contributed by atoms with van der Waals surface area (Å²) in [7, 11) is 1.82. The highest BCUT2D eigenvalue weighted by Crippen LogP contribution is 1.94. The molecule has 0 aromatic rings. The number of nitrogens with one attached hydrogen (secondary N) is 1. The first-order chi connectivity index (χ1) is 4.68. The Labute approximate surface area is 61.8 Å². The summed E-state index contributed by atoms with van der Waals surface area (Å²) in [5, 5.41) is 2.88. The van der Waals surface area contributed by atoms with Gasteiger partial charge in [-0.1, -0.05) is 13.8 Å². The summed E-state index contributed by atoms with van der Waals surface area (Å²) in [5.41, 5.74) is 0. The minimum absolute atomic E-state index is 0.0168. The number of hydrogen-bond acceptors (Lipinski definition) is 3. The van der Waals surface area contributed by atoms with E-state index >= 15 is 0 Å². The first-order valence-corrected chi connectivity index (χ1v) is 3.49. The minimum atomic E-state index is -0.129. The molecule has 0 rings (SSSR count). The molecule has 0 unspecified atom stereocenters. The lowest BCUT2D eigenvalue weighted by Crippen LogP contribution is -2.19. The molecule has 0 saturated carbocycles. The Balaban J connectivity index is 3.22. The van der Waals surface area contributed by atoms with Crippen LogP contribution in [0.2, 0.25) is 0 Å². The zero-order valence-corrected chi connectivity index (χ0v) is 6.81. The molecule has 0 fully saturated rings. The second-order valence-electron chi connectivity index (χ2n) is 2.43. The van der Waals surface area contributed by atoms with Crippen LogP contribution in [0, 0.1) is 5.92 Å². The van der Waals surface area contributed by atoms with Gasteiger partial charge in [0.05, 0.1) is 5.92 Å². The molecule has 3 nitrogen and oxygen atoms in total. The Hall–Kier alpha value is -0.570. The average molecular weight is 145 g/mol. The Bertz CT molecular complexity index is 102. The molecule has 60 valence electrons. The SMILES string of the molecule is CNCCOC(=O)C(C)C. The lowest BCUT2D eigenvalue weighted by Gasteiger charge is -2.05. The third kappa shape index (κ3) is 4.32. The van der Waals surface area contributed by atoms with Crippen LogP contribution in [0.4, 0.5) is 0 Å². The van der Waals surface area contributed by atoms with Crippen LogP contribution in [0.25, 0.3) is 0 Å². The zero-order chi connectivity index (χ0) is 7.98. The van der Waals surface area contributed by atoms with Crippen LogP contribution in [-0.2, 0) is 9.53 Å². The standard InChI is InChI=1S/C7H15NO2/c1-6(2)7(9)10-5-4-8-3/h6,8H,4-5H2,1-3H3. The van der Waals surface area contributed by atoms with Gasteiger partial charge in [0.2, 0.25) is 0 Å². The molecular weight excluding hydrogens is 130 g/mol. The second-order valence-corrected chi connectivity index (χ2v) is 2.43. The third-order valence-corrected chi connectivity index (χ3v) is 1.07. The molecule has 0 heterocycles. The van der Waals surface area contributed by atoms with E-state index in [4.69, 9.17) is 4.74 Å². The van der Waals surface area contributed by atoms with Crippen LogP contribution in [0.3, 0.4) is 0 Å². The Kier molecular flexibility index (Phi) is 4.94. The van der Waals surface area contributed by atoms with Crippen LogP contribution < -0.4 is 5.32 Å². The van der Waals surface area contributed by atoms with Gasteiger partial charge in [-0.05, 0) is 7.05 Å². The normalized spacial score (nSPS) is 10.0. The predicted octanol–water partition coefficient (Wildman–Crippen LogP) is 0.405. The zero-order valence-electron chi connectivity index (χ0n) is 6.81. The minimum Gasteiger partial charge on any atom is -0.464 e. The van der Waals surface area contributed by atoms with Crippen molar-refractivity contribution >= 4 is 5.97 Å². The van der Waals surface area contributed by atoms with Gasteiger partial charge in [-0.15, -0.1) is 0 Å². The molecule has 0 amide bonds. The maximum atomic E-state index is 10.8. The van der Waals surface area contributed by atoms with Gasteiger partial charge in [0, 0.05) is 6.54 Å². The largest absolute Gasteiger partial charge is 0.464 e. The molecule has 0 spiro atoms. The number of hydrogen-bond donors (Lipinski definition) is 1. The van der Waals surface area contributed by atoms with Gasteiger partial charge in [-0.2, -0.15) is 0 Å². The van der Waals surface area contributed by atoms with Crippen LogP contribution in [0.5, 0.6) is 0 Å². The van der Waals surface area contributed by atoms with E-state index in [9.17, 15) is 4.79 Å². The van der Waals surface area contributed by atoms with Crippen molar-refractivity contribution in [3.63, 3.8) is 0 Å². The number of rotatable bonds is 4. The summed E-state index contributed by atoms with van der Waals surface area (Å²) in [6, 6.07) is 0. The molecule has 0 aliphatic carbocycles. The van der Waals surface area contributed by atoms with E-state index in [0.29, 0.717) is 6.61 Å². The van der Waals surface area contributed by atoms with Gasteiger partial charge in [0.25, 0.3) is 0 Å². The van der Waals surface area contributed by atoms with Crippen LogP contribution >= 0.6 is 0 Å². The summed E-state index contributed by atoms with van der Waals surface area (Å²) in [4.78, 5) is 10.8. The van der Waals surface area contributed by atoms with E-state index in [1.165, 1.54) is 0 Å². The van der Waals surface area contributed by atoms with Gasteiger partial charge < -0.3 is 10.1 Å². The fraction of sp³-hybridized carbons (Fsp3) is 0.857. The molecule has 0 radical (unpaired) electrons. The van der Waals surface area contributed by atoms with Crippen molar-refractivity contribution < 1.29 is 9.53 Å². The molecule has 0 aromatic heterocycles. The topological polar surface area (TPSA) is 38.3 Å². The fourth-order valence-electron chi connectivity index (χ4n) is 0.420. The van der Waals surface area contributed by atoms with E-state index in [2.05, 4.69) is 5.32 Å². The summed E-state index contributed by atoms with van der Waals surface area (Å²) >= 11 is 0. The lowest BCUT2D eigenvalue weighted by molar-refractivity contribution is -0.147. The van der Waals surface area contributed by atoms with Gasteiger partial charge in [0.15, 0.2) is 0 Å². The number of carbonyl (C=O) groups is 1. The molecule has 0 aliphatic heterocycles. The van der Waals surface area contributed by atoms with Crippen molar-refractivity contribution in [1.29, 1.82) is 0 Å². The van der Waals surface area contributed by atoms with E-state index in [0.717, 1.165) is 6.54 Å². The van der Waals surface area contributed by atoms with E-state index < -0.39 is 0 Å². The maximum absolute atomic E-state index is 10.8. The molecule has 0 saturated heterocycles. The smallest absolute Gasteiger partial charge is 0.308 e. The predicted molar refractivity (Wildman–Crippen MR) is 39.7 cm³/mol. The molecule has 0 aliphatic rings. The van der Waals surface area contributed by atoms with Crippen molar-refractivity contribution in [2.75, 3.05) is 20.2 Å². The second kappa shape index (κ2) is 5.23. The highest BCUT2D eigenvalue weighted by atomic mass is 16.5. The summed E-state index contributed by atoms with van der Waals surface area (Å²) in [5.74, 6) is -0.146. The average Bonchev–Trinajstić information content (AvgIpc) is 1.88. The Morgan fingerprint density at radius 3 is 2.60 bits per heavy atom. The summed E-state index contributed by atoms with van der Waals surface area (Å²) in [6.45, 7) is 4.83. The first kappa shape index (κ1) is 9.43. The van der Waals surface area contributed by atoms with E-state index in [1.807, 2.05) is 20.9 Å². The highest BCUT2D eigenvalue weighted by molar-refractivity contribution is 5.71. The highest BCUT2D eigenvalue weighted by Gasteiger charge is 2.06. The van der Waals surface area contributed by atoms with Crippen molar-refractivity contribution in [3.05, 3.63) is 0 Å². The Morgan fingerprint density at radius 1 is 1.60 bits per heavy atom. The fourth-order valence-corrected chi connectivity index (χ4v) is 0.420. The molecule has 0 atom stereocenters. The maximum Gasteiger partial charge on any atom is 0.308 e. The molecule has 10 heavy (non-hydrogen) atoms. The molecule has 0 aromatic carbocycles. The molecule has 0 bridgehead atoms. The summed E-state index contributed by atoms with van der Waals surface area (Å²) < 4.78 is 4.84. The summed E-state index contributed by atoms with van der Waals surface area (Å²) in [6.07, 6.45) is 0.